The Balaban J connectivity index is 2.61. The number of hydrogen-bond acceptors (Lipinski definition) is 3. The van der Waals surface area contributed by atoms with Crippen LogP contribution in [-0.2, 0) is 4.79 Å². The third-order valence-electron chi connectivity index (χ3n) is 3.70. The third kappa shape index (κ3) is 1.97. The maximum Gasteiger partial charge on any atom is 0.272 e. The van der Waals surface area contributed by atoms with E-state index in [4.69, 9.17) is 16.9 Å². The average Bonchev–Trinajstić information content (AvgIpc) is 2.44. The van der Waals surface area contributed by atoms with E-state index in [-0.39, 0.29) is 18.1 Å². The van der Waals surface area contributed by atoms with Gasteiger partial charge in [-0.1, -0.05) is 19.8 Å². The second-order valence-corrected chi connectivity index (χ2v) is 4.74. The summed E-state index contributed by atoms with van der Waals surface area (Å²) in [6.45, 7) is 3.81. The van der Waals surface area contributed by atoms with Crippen LogP contribution < -0.4 is 15.4 Å². The standard InChI is InChI=1S/C15H17FN2O2/c1-4-7-18-12-9-11(17)10(16)8-13(12)20-15(5-2,6-3)14(18)19/h1,8-9H,5-7,17H2,2-3H3. The molecule has 1 amide bonds. The van der Waals surface area contributed by atoms with Gasteiger partial charge in [-0.25, -0.2) is 4.39 Å². The van der Waals surface area contributed by atoms with E-state index in [1.54, 1.807) is 0 Å². The Bertz CT molecular complexity index is 588. The van der Waals surface area contributed by atoms with Crippen LogP contribution in [0.1, 0.15) is 26.7 Å². The maximum atomic E-state index is 13.6. The number of halogens is 1. The minimum absolute atomic E-state index is 0.0392. The van der Waals surface area contributed by atoms with Gasteiger partial charge in [-0.15, -0.1) is 6.42 Å². The molecule has 5 heteroatoms. The summed E-state index contributed by atoms with van der Waals surface area (Å²) in [5.74, 6) is 1.97. The normalized spacial score (nSPS) is 16.3. The van der Waals surface area contributed by atoms with E-state index in [1.807, 2.05) is 13.8 Å². The molecule has 4 nitrogen and oxygen atoms in total. The summed E-state index contributed by atoms with van der Waals surface area (Å²) in [5.41, 5.74) is 4.95. The number of ether oxygens (including phenoxy) is 1. The summed E-state index contributed by atoms with van der Waals surface area (Å²) in [7, 11) is 0. The second-order valence-electron chi connectivity index (χ2n) is 4.74. The highest BCUT2D eigenvalue weighted by Crippen LogP contribution is 2.42. The van der Waals surface area contributed by atoms with Crippen molar-refractivity contribution in [1.82, 2.24) is 0 Å². The summed E-state index contributed by atoms with van der Waals surface area (Å²) in [6.07, 6.45) is 6.29. The van der Waals surface area contributed by atoms with Crippen LogP contribution >= 0.6 is 0 Å². The SMILES string of the molecule is C#CCN1C(=O)C(CC)(CC)Oc2cc(F)c(N)cc21. The Hall–Kier alpha value is -2.22. The first kappa shape index (κ1) is 14.2. The molecule has 0 saturated carbocycles. The fourth-order valence-corrected chi connectivity index (χ4v) is 2.41. The van der Waals surface area contributed by atoms with Crippen LogP contribution in [0.25, 0.3) is 0 Å². The zero-order chi connectivity index (χ0) is 14.9. The monoisotopic (exact) mass is 276 g/mol. The van der Waals surface area contributed by atoms with Crippen molar-refractivity contribution in [2.45, 2.75) is 32.3 Å². The molecule has 1 aliphatic rings. The molecule has 0 saturated heterocycles. The van der Waals surface area contributed by atoms with Gasteiger partial charge in [0.05, 0.1) is 17.9 Å². The van der Waals surface area contributed by atoms with Gasteiger partial charge in [-0.05, 0) is 18.9 Å². The van der Waals surface area contributed by atoms with Gasteiger partial charge in [0, 0.05) is 6.07 Å². The second kappa shape index (κ2) is 5.04. The lowest BCUT2D eigenvalue weighted by atomic mass is 9.92. The Kier molecular flexibility index (Phi) is 3.58. The van der Waals surface area contributed by atoms with Crippen LogP contribution in [0.15, 0.2) is 12.1 Å². The molecule has 0 fully saturated rings. The smallest absolute Gasteiger partial charge is 0.272 e. The van der Waals surface area contributed by atoms with E-state index >= 15 is 0 Å². The third-order valence-corrected chi connectivity index (χ3v) is 3.70. The topological polar surface area (TPSA) is 55.6 Å². The van der Waals surface area contributed by atoms with Gasteiger partial charge < -0.3 is 10.5 Å². The van der Waals surface area contributed by atoms with Crippen molar-refractivity contribution in [3.8, 4) is 18.1 Å². The minimum atomic E-state index is -0.994. The molecular weight excluding hydrogens is 259 g/mol. The first-order valence-electron chi connectivity index (χ1n) is 6.52. The first-order chi connectivity index (χ1) is 9.49. The average molecular weight is 276 g/mol. The number of carbonyl (C=O) groups excluding carboxylic acids is 1. The molecule has 0 aromatic heterocycles. The molecule has 0 bridgehead atoms. The first-order valence-corrected chi connectivity index (χ1v) is 6.52. The lowest BCUT2D eigenvalue weighted by Gasteiger charge is -2.41. The number of anilines is 2. The van der Waals surface area contributed by atoms with E-state index in [9.17, 15) is 9.18 Å². The number of rotatable bonds is 3. The van der Waals surface area contributed by atoms with Crippen LogP contribution in [0, 0.1) is 18.2 Å². The number of hydrogen-bond donors (Lipinski definition) is 1. The summed E-state index contributed by atoms with van der Waals surface area (Å²) in [5, 5.41) is 0. The molecule has 0 atom stereocenters. The molecule has 1 heterocycles. The lowest BCUT2D eigenvalue weighted by Crippen LogP contribution is -2.55. The van der Waals surface area contributed by atoms with Gasteiger partial charge in [0.25, 0.3) is 5.91 Å². The molecular formula is C15H17FN2O2. The number of nitrogens with zero attached hydrogens (tertiary/aromatic N) is 1. The Labute approximate surface area is 117 Å². The number of benzene rings is 1. The predicted molar refractivity (Wildman–Crippen MR) is 75.9 cm³/mol. The van der Waals surface area contributed by atoms with Crippen molar-refractivity contribution in [2.75, 3.05) is 17.2 Å². The predicted octanol–water partition coefficient (Wildman–Crippen LogP) is 2.33. The summed E-state index contributed by atoms with van der Waals surface area (Å²) in [4.78, 5) is 14.1. The van der Waals surface area contributed by atoms with Gasteiger partial charge in [0.1, 0.15) is 11.6 Å². The highest BCUT2D eigenvalue weighted by atomic mass is 19.1. The van der Waals surface area contributed by atoms with Gasteiger partial charge in [-0.3, -0.25) is 9.69 Å². The number of terminal acetylenes is 1. The van der Waals surface area contributed by atoms with Crippen LogP contribution in [0.3, 0.4) is 0 Å². The molecule has 1 aromatic carbocycles. The van der Waals surface area contributed by atoms with E-state index in [1.165, 1.54) is 17.0 Å². The molecule has 2 rings (SSSR count). The number of carbonyl (C=O) groups is 1. The van der Waals surface area contributed by atoms with Crippen molar-refractivity contribution < 1.29 is 13.9 Å². The Morgan fingerprint density at radius 1 is 1.45 bits per heavy atom. The zero-order valence-corrected chi connectivity index (χ0v) is 11.6. The summed E-state index contributed by atoms with van der Waals surface area (Å²) >= 11 is 0. The summed E-state index contributed by atoms with van der Waals surface area (Å²) in [6, 6.07) is 2.59. The zero-order valence-electron chi connectivity index (χ0n) is 11.6. The van der Waals surface area contributed by atoms with Crippen LogP contribution in [-0.4, -0.2) is 18.1 Å². The van der Waals surface area contributed by atoms with E-state index < -0.39 is 11.4 Å². The number of nitrogens with two attached hydrogens (primary N) is 1. The summed E-state index contributed by atoms with van der Waals surface area (Å²) < 4.78 is 19.4. The quantitative estimate of drug-likeness (QED) is 0.681. The van der Waals surface area contributed by atoms with E-state index in [0.29, 0.717) is 24.3 Å². The van der Waals surface area contributed by atoms with Crippen molar-refractivity contribution >= 4 is 17.3 Å². The van der Waals surface area contributed by atoms with Crippen molar-refractivity contribution in [1.29, 1.82) is 0 Å². The maximum absolute atomic E-state index is 13.6. The molecule has 0 radical (unpaired) electrons. The number of nitrogen functional groups attached to an aromatic ring is 1. The van der Waals surface area contributed by atoms with E-state index in [0.717, 1.165) is 0 Å². The molecule has 1 aromatic rings. The highest BCUT2D eigenvalue weighted by Gasteiger charge is 2.45. The number of fused-ring (bicyclic) bond motifs is 1. The van der Waals surface area contributed by atoms with Crippen molar-refractivity contribution in [3.63, 3.8) is 0 Å². The van der Waals surface area contributed by atoms with Gasteiger partial charge >= 0.3 is 0 Å². The minimum Gasteiger partial charge on any atom is -0.475 e. The fraction of sp³-hybridized carbons (Fsp3) is 0.400. The highest BCUT2D eigenvalue weighted by molar-refractivity contribution is 6.03. The van der Waals surface area contributed by atoms with Crippen molar-refractivity contribution in [2.24, 2.45) is 0 Å². The lowest BCUT2D eigenvalue weighted by molar-refractivity contribution is -0.136. The van der Waals surface area contributed by atoms with E-state index in [2.05, 4.69) is 5.92 Å². The van der Waals surface area contributed by atoms with Gasteiger partial charge in [0.2, 0.25) is 0 Å². The van der Waals surface area contributed by atoms with Gasteiger partial charge in [-0.2, -0.15) is 0 Å². The molecule has 1 aliphatic heterocycles. The fourth-order valence-electron chi connectivity index (χ4n) is 2.41. The Morgan fingerprint density at radius 3 is 2.65 bits per heavy atom. The largest absolute Gasteiger partial charge is 0.475 e. The Morgan fingerprint density at radius 2 is 2.10 bits per heavy atom. The molecule has 2 N–H and O–H groups in total. The molecule has 20 heavy (non-hydrogen) atoms. The van der Waals surface area contributed by atoms with Crippen LogP contribution in [0.4, 0.5) is 15.8 Å². The van der Waals surface area contributed by atoms with Gasteiger partial charge in [0.15, 0.2) is 5.60 Å². The van der Waals surface area contributed by atoms with Crippen LogP contribution in [0.5, 0.6) is 5.75 Å². The molecule has 0 spiro atoms. The molecule has 0 unspecified atom stereocenters. The molecule has 106 valence electrons. The molecule has 0 aliphatic carbocycles. The number of amides is 1. The van der Waals surface area contributed by atoms with Crippen LogP contribution in [0.2, 0.25) is 0 Å². The van der Waals surface area contributed by atoms with Crippen molar-refractivity contribution in [3.05, 3.63) is 17.9 Å².